The number of Topliss-reactive ketones (excluding diaryl/α,β-unsaturated/α-hetero) is 1. The third kappa shape index (κ3) is 3.26. The summed E-state index contributed by atoms with van der Waals surface area (Å²) in [5.41, 5.74) is 1.24. The van der Waals surface area contributed by atoms with Gasteiger partial charge in [-0.2, -0.15) is 0 Å². The minimum absolute atomic E-state index is 0.0580. The Hall–Kier alpha value is -2.01. The summed E-state index contributed by atoms with van der Waals surface area (Å²) in [5.74, 6) is -0.910. The number of carbonyl (C=O) groups excluding carboxylic acids is 2. The molecule has 0 spiro atoms. The zero-order chi connectivity index (χ0) is 13.8. The molecule has 3 nitrogen and oxygen atoms in total. The fourth-order valence-electron chi connectivity index (χ4n) is 1.60. The second-order valence-electron chi connectivity index (χ2n) is 4.05. The molecular weight excluding hydrogens is 265 g/mol. The summed E-state index contributed by atoms with van der Waals surface area (Å²) >= 11 is 1.36. The van der Waals surface area contributed by atoms with E-state index >= 15 is 0 Å². The van der Waals surface area contributed by atoms with Gasteiger partial charge in [-0.05, 0) is 48.2 Å². The number of amides is 1. The van der Waals surface area contributed by atoms with Crippen LogP contribution in [0.5, 0.6) is 0 Å². The summed E-state index contributed by atoms with van der Waals surface area (Å²) in [7, 11) is 0. The van der Waals surface area contributed by atoms with E-state index in [-0.39, 0.29) is 18.2 Å². The van der Waals surface area contributed by atoms with Crippen molar-refractivity contribution >= 4 is 23.0 Å². The molecule has 0 radical (unpaired) electrons. The molecule has 0 fully saturated rings. The van der Waals surface area contributed by atoms with Crippen molar-refractivity contribution in [2.75, 3.05) is 6.54 Å². The van der Waals surface area contributed by atoms with Gasteiger partial charge in [-0.25, -0.2) is 4.39 Å². The molecule has 1 aromatic carbocycles. The third-order valence-electron chi connectivity index (χ3n) is 2.63. The van der Waals surface area contributed by atoms with Crippen LogP contribution in [0.15, 0.2) is 35.7 Å². The van der Waals surface area contributed by atoms with Crippen LogP contribution < -0.4 is 5.32 Å². The second-order valence-corrected chi connectivity index (χ2v) is 4.96. The molecule has 2 rings (SSSR count). The fourth-order valence-corrected chi connectivity index (χ4v) is 2.47. The summed E-state index contributed by atoms with van der Waals surface area (Å²) in [6.07, 6.45) is 0. The summed E-state index contributed by atoms with van der Waals surface area (Å²) < 4.78 is 12.7. The zero-order valence-electron chi connectivity index (χ0n) is 10.3. The van der Waals surface area contributed by atoms with Crippen LogP contribution in [-0.2, 0) is 0 Å². The molecule has 0 saturated heterocycles. The van der Waals surface area contributed by atoms with E-state index in [2.05, 4.69) is 5.32 Å². The van der Waals surface area contributed by atoms with Crippen molar-refractivity contribution in [2.24, 2.45) is 0 Å². The predicted octanol–water partition coefficient (Wildman–Crippen LogP) is 2.81. The molecule has 1 aromatic heterocycles. The number of hydrogen-bond acceptors (Lipinski definition) is 3. The molecule has 1 amide bonds. The van der Waals surface area contributed by atoms with Crippen molar-refractivity contribution < 1.29 is 14.0 Å². The van der Waals surface area contributed by atoms with Gasteiger partial charge in [-0.1, -0.05) is 0 Å². The van der Waals surface area contributed by atoms with E-state index in [1.165, 1.54) is 35.6 Å². The molecule has 0 unspecified atom stereocenters. The highest BCUT2D eigenvalue weighted by molar-refractivity contribution is 7.12. The molecule has 1 heterocycles. The molecule has 0 saturated carbocycles. The molecule has 0 atom stereocenters. The standard InChI is InChI=1S/C14H12FNO2S/c1-9-6-7-19-13(9)12(17)8-16-14(18)10-2-4-11(15)5-3-10/h2-7H,8H2,1H3,(H,16,18). The van der Waals surface area contributed by atoms with Crippen LogP contribution in [0.4, 0.5) is 4.39 Å². The fraction of sp³-hybridized carbons (Fsp3) is 0.143. The Labute approximate surface area is 114 Å². The first kappa shape index (κ1) is 13.4. The Bertz CT molecular complexity index is 604. The van der Waals surface area contributed by atoms with Crippen molar-refractivity contribution in [1.29, 1.82) is 0 Å². The topological polar surface area (TPSA) is 46.2 Å². The summed E-state index contributed by atoms with van der Waals surface area (Å²) in [5, 5.41) is 4.37. The van der Waals surface area contributed by atoms with Crippen LogP contribution in [-0.4, -0.2) is 18.2 Å². The van der Waals surface area contributed by atoms with E-state index in [1.807, 2.05) is 18.4 Å². The van der Waals surface area contributed by atoms with Crippen molar-refractivity contribution in [2.45, 2.75) is 6.92 Å². The van der Waals surface area contributed by atoms with Gasteiger partial charge in [0.05, 0.1) is 11.4 Å². The SMILES string of the molecule is Cc1ccsc1C(=O)CNC(=O)c1ccc(F)cc1. The van der Waals surface area contributed by atoms with Crippen LogP contribution in [0.1, 0.15) is 25.6 Å². The first-order valence-electron chi connectivity index (χ1n) is 5.69. The number of nitrogens with one attached hydrogen (secondary N) is 1. The Morgan fingerprint density at radius 1 is 1.21 bits per heavy atom. The number of benzene rings is 1. The van der Waals surface area contributed by atoms with Crippen molar-refractivity contribution in [3.8, 4) is 0 Å². The molecule has 0 aliphatic heterocycles. The average Bonchev–Trinajstić information content (AvgIpc) is 2.83. The normalized spacial score (nSPS) is 10.2. The number of thiophene rings is 1. The number of ketones is 1. The number of aryl methyl sites for hydroxylation is 1. The largest absolute Gasteiger partial charge is 0.345 e. The summed E-state index contributed by atoms with van der Waals surface area (Å²) in [6.45, 7) is 1.79. The highest BCUT2D eigenvalue weighted by atomic mass is 32.1. The van der Waals surface area contributed by atoms with Crippen molar-refractivity contribution in [3.63, 3.8) is 0 Å². The Kier molecular flexibility index (Phi) is 4.06. The van der Waals surface area contributed by atoms with Crippen LogP contribution in [0.3, 0.4) is 0 Å². The van der Waals surface area contributed by atoms with Crippen LogP contribution in [0.25, 0.3) is 0 Å². The number of rotatable bonds is 4. The van der Waals surface area contributed by atoms with E-state index in [4.69, 9.17) is 0 Å². The molecule has 98 valence electrons. The van der Waals surface area contributed by atoms with Gasteiger partial charge in [-0.3, -0.25) is 9.59 Å². The van der Waals surface area contributed by atoms with Gasteiger partial charge in [0.25, 0.3) is 5.91 Å². The Morgan fingerprint density at radius 2 is 1.89 bits per heavy atom. The number of carbonyl (C=O) groups is 2. The van der Waals surface area contributed by atoms with Crippen molar-refractivity contribution in [1.82, 2.24) is 5.32 Å². The van der Waals surface area contributed by atoms with Gasteiger partial charge in [-0.15, -0.1) is 11.3 Å². The molecule has 5 heteroatoms. The highest BCUT2D eigenvalue weighted by Crippen LogP contribution is 2.15. The van der Waals surface area contributed by atoms with Gasteiger partial charge >= 0.3 is 0 Å². The smallest absolute Gasteiger partial charge is 0.251 e. The Balaban J connectivity index is 1.96. The molecule has 0 aliphatic rings. The monoisotopic (exact) mass is 277 g/mol. The molecular formula is C14H12FNO2S. The lowest BCUT2D eigenvalue weighted by atomic mass is 10.2. The van der Waals surface area contributed by atoms with Gasteiger partial charge in [0.1, 0.15) is 5.82 Å². The zero-order valence-corrected chi connectivity index (χ0v) is 11.1. The molecule has 0 bridgehead atoms. The van der Waals surface area contributed by atoms with Crippen molar-refractivity contribution in [3.05, 3.63) is 57.5 Å². The van der Waals surface area contributed by atoms with Gasteiger partial charge in [0.2, 0.25) is 0 Å². The maximum Gasteiger partial charge on any atom is 0.251 e. The van der Waals surface area contributed by atoms with Crippen LogP contribution >= 0.6 is 11.3 Å². The quantitative estimate of drug-likeness (QED) is 0.873. The maximum atomic E-state index is 12.7. The van der Waals surface area contributed by atoms with E-state index in [9.17, 15) is 14.0 Å². The molecule has 2 aromatic rings. The van der Waals surface area contributed by atoms with Crippen LogP contribution in [0, 0.1) is 12.7 Å². The summed E-state index contributed by atoms with van der Waals surface area (Å²) in [6, 6.07) is 7.04. The molecule has 19 heavy (non-hydrogen) atoms. The summed E-state index contributed by atoms with van der Waals surface area (Å²) in [4.78, 5) is 24.2. The average molecular weight is 277 g/mol. The van der Waals surface area contributed by atoms with Gasteiger partial charge < -0.3 is 5.32 Å². The van der Waals surface area contributed by atoms with E-state index in [0.29, 0.717) is 10.4 Å². The second kappa shape index (κ2) is 5.75. The van der Waals surface area contributed by atoms with E-state index in [1.54, 1.807) is 0 Å². The number of halogens is 1. The third-order valence-corrected chi connectivity index (χ3v) is 3.69. The van der Waals surface area contributed by atoms with E-state index < -0.39 is 5.82 Å². The van der Waals surface area contributed by atoms with Gasteiger partial charge in [0.15, 0.2) is 5.78 Å². The lowest BCUT2D eigenvalue weighted by Crippen LogP contribution is -2.29. The lowest BCUT2D eigenvalue weighted by molar-refractivity contribution is 0.0905. The minimum atomic E-state index is -0.401. The molecule has 0 aliphatic carbocycles. The maximum absolute atomic E-state index is 12.7. The lowest BCUT2D eigenvalue weighted by Gasteiger charge is -2.04. The number of hydrogen-bond donors (Lipinski definition) is 1. The first-order valence-corrected chi connectivity index (χ1v) is 6.57. The highest BCUT2D eigenvalue weighted by Gasteiger charge is 2.12. The molecule has 1 N–H and O–H groups in total. The first-order chi connectivity index (χ1) is 9.08. The van der Waals surface area contributed by atoms with E-state index in [0.717, 1.165) is 5.56 Å². The minimum Gasteiger partial charge on any atom is -0.345 e. The van der Waals surface area contributed by atoms with Gasteiger partial charge in [0, 0.05) is 5.56 Å². The Morgan fingerprint density at radius 3 is 2.47 bits per heavy atom. The predicted molar refractivity (Wildman–Crippen MR) is 72.1 cm³/mol. The van der Waals surface area contributed by atoms with Crippen LogP contribution in [0.2, 0.25) is 0 Å².